The SMILES string of the molecule is COc1cc(C)c(S(=O)(=O)N[C@@H](CO[C@@H]2OC[C@@H](OC(C)=O)[C@@H](OC(C)=O)[C@H]2OC(C)=O)C(=O)N[C@H](Cc2ccc(C(=N)N)cc2)C(=O)N2CCCCC2)c(C)c1C. The van der Waals surface area contributed by atoms with Gasteiger partial charge in [0.1, 0.15) is 23.7 Å². The molecular weight excluding hydrogens is 779 g/mol. The largest absolute Gasteiger partial charge is 0.496 e. The molecule has 2 amide bonds. The number of esters is 3. The zero-order valence-corrected chi connectivity index (χ0v) is 34.6. The van der Waals surface area contributed by atoms with Gasteiger partial charge in [-0.05, 0) is 68.4 Å². The summed E-state index contributed by atoms with van der Waals surface area (Å²) in [5.41, 5.74) is 7.96. The number of benzene rings is 2. The zero-order valence-electron chi connectivity index (χ0n) is 33.7. The molecule has 58 heavy (non-hydrogen) atoms. The molecule has 2 saturated heterocycles. The first-order valence-corrected chi connectivity index (χ1v) is 20.3. The third kappa shape index (κ3) is 11.7. The van der Waals surface area contributed by atoms with Gasteiger partial charge in [-0.2, -0.15) is 4.72 Å². The fraction of sp³-hybridized carbons (Fsp3) is 0.538. The lowest BCUT2D eigenvalue weighted by Crippen LogP contribution is -2.60. The van der Waals surface area contributed by atoms with E-state index in [1.165, 1.54) is 7.11 Å². The van der Waals surface area contributed by atoms with Crippen molar-refractivity contribution in [1.29, 1.82) is 5.41 Å². The number of ether oxygens (including phenoxy) is 6. The van der Waals surface area contributed by atoms with E-state index in [1.807, 2.05) is 0 Å². The van der Waals surface area contributed by atoms with Crippen LogP contribution in [-0.4, -0.2) is 119 Å². The van der Waals surface area contributed by atoms with E-state index < -0.39 is 77.1 Å². The van der Waals surface area contributed by atoms with Gasteiger partial charge in [-0.15, -0.1) is 0 Å². The average Bonchev–Trinajstić information content (AvgIpc) is 3.15. The molecular formula is C39H53N5O13S. The highest BCUT2D eigenvalue weighted by Gasteiger charge is 2.48. The number of hydrogen-bond acceptors (Lipinski definition) is 14. The van der Waals surface area contributed by atoms with Crippen LogP contribution in [-0.2, 0) is 64.1 Å². The number of carbonyl (C=O) groups excluding carboxylic acids is 5. The van der Waals surface area contributed by atoms with Crippen molar-refractivity contribution in [2.45, 2.75) is 109 Å². The normalized spacial score (nSPS) is 20.6. The maximum atomic E-state index is 14.4. The number of amidine groups is 1. The fourth-order valence-electron chi connectivity index (χ4n) is 6.96. The van der Waals surface area contributed by atoms with Crippen molar-refractivity contribution < 1.29 is 60.8 Å². The lowest BCUT2D eigenvalue weighted by Gasteiger charge is -2.40. The topological polar surface area (TPSA) is 252 Å². The van der Waals surface area contributed by atoms with Crippen LogP contribution >= 0.6 is 0 Å². The van der Waals surface area contributed by atoms with Gasteiger partial charge in [0.05, 0.1) is 25.2 Å². The third-order valence-electron chi connectivity index (χ3n) is 9.80. The molecule has 0 radical (unpaired) electrons. The molecule has 2 aliphatic heterocycles. The Morgan fingerprint density at radius 3 is 2.07 bits per heavy atom. The van der Waals surface area contributed by atoms with Crippen molar-refractivity contribution in [2.75, 3.05) is 33.4 Å². The summed E-state index contributed by atoms with van der Waals surface area (Å²) in [6.07, 6.45) is -3.20. The van der Waals surface area contributed by atoms with Crippen LogP contribution < -0.4 is 20.5 Å². The van der Waals surface area contributed by atoms with E-state index in [4.69, 9.17) is 39.6 Å². The number of methoxy groups -OCH3 is 1. The van der Waals surface area contributed by atoms with Gasteiger partial charge < -0.3 is 44.4 Å². The number of rotatable bonds is 16. The number of sulfonamides is 1. The van der Waals surface area contributed by atoms with Crippen LogP contribution in [0.25, 0.3) is 0 Å². The van der Waals surface area contributed by atoms with E-state index in [-0.39, 0.29) is 29.7 Å². The van der Waals surface area contributed by atoms with Crippen molar-refractivity contribution in [2.24, 2.45) is 5.73 Å². The van der Waals surface area contributed by atoms with Crippen LogP contribution in [0, 0.1) is 26.2 Å². The van der Waals surface area contributed by atoms with Gasteiger partial charge in [-0.1, -0.05) is 24.3 Å². The summed E-state index contributed by atoms with van der Waals surface area (Å²) in [6.45, 7) is 7.98. The summed E-state index contributed by atoms with van der Waals surface area (Å²) in [7, 11) is -3.06. The number of carbonyl (C=O) groups is 5. The quantitative estimate of drug-likeness (QED) is 0.0810. The Hall–Kier alpha value is -5.11. The maximum Gasteiger partial charge on any atom is 0.303 e. The zero-order chi connectivity index (χ0) is 42.9. The van der Waals surface area contributed by atoms with E-state index in [1.54, 1.807) is 56.0 Å². The van der Waals surface area contributed by atoms with E-state index >= 15 is 0 Å². The predicted molar refractivity (Wildman–Crippen MR) is 207 cm³/mol. The summed E-state index contributed by atoms with van der Waals surface area (Å²) in [4.78, 5) is 66.3. The third-order valence-corrected chi connectivity index (χ3v) is 11.6. The molecule has 0 unspecified atom stereocenters. The minimum absolute atomic E-state index is 0.0113. The van der Waals surface area contributed by atoms with Gasteiger partial charge in [0.15, 0.2) is 24.6 Å². The van der Waals surface area contributed by atoms with Gasteiger partial charge in [-0.3, -0.25) is 29.4 Å². The van der Waals surface area contributed by atoms with Crippen molar-refractivity contribution in [3.05, 3.63) is 58.1 Å². The van der Waals surface area contributed by atoms with Gasteiger partial charge in [0.2, 0.25) is 21.8 Å². The second-order valence-corrected chi connectivity index (χ2v) is 15.9. The summed E-state index contributed by atoms with van der Waals surface area (Å²) in [5, 5.41) is 10.5. The second kappa shape index (κ2) is 20.0. The highest BCUT2D eigenvalue weighted by atomic mass is 32.2. The number of piperidine rings is 1. The molecule has 0 aromatic heterocycles. The summed E-state index contributed by atoms with van der Waals surface area (Å²) < 4.78 is 64.3. The number of nitrogens with zero attached hydrogens (tertiary/aromatic N) is 1. The number of nitrogens with two attached hydrogens (primary N) is 1. The van der Waals surface area contributed by atoms with Crippen LogP contribution in [0.1, 0.15) is 67.9 Å². The van der Waals surface area contributed by atoms with Crippen LogP contribution in [0.4, 0.5) is 0 Å². The molecule has 0 bridgehead atoms. The van der Waals surface area contributed by atoms with E-state index in [2.05, 4.69) is 10.0 Å². The molecule has 2 aliphatic rings. The Balaban J connectivity index is 1.73. The van der Waals surface area contributed by atoms with Gasteiger partial charge >= 0.3 is 17.9 Å². The van der Waals surface area contributed by atoms with E-state index in [0.29, 0.717) is 46.7 Å². The van der Waals surface area contributed by atoms with Crippen molar-refractivity contribution in [3.63, 3.8) is 0 Å². The maximum absolute atomic E-state index is 14.4. The number of nitrogens with one attached hydrogen (secondary N) is 3. The number of nitrogen functional groups attached to an aromatic ring is 1. The van der Waals surface area contributed by atoms with Gasteiger partial charge in [0.25, 0.3) is 0 Å². The Bertz CT molecular complexity index is 1970. The Kier molecular flexibility index (Phi) is 15.8. The molecule has 2 aromatic carbocycles. The lowest BCUT2D eigenvalue weighted by molar-refractivity contribution is -0.281. The Morgan fingerprint density at radius 2 is 1.50 bits per heavy atom. The molecule has 4 rings (SSSR count). The van der Waals surface area contributed by atoms with Crippen LogP contribution in [0.5, 0.6) is 5.75 Å². The van der Waals surface area contributed by atoms with Gasteiger partial charge in [-0.25, -0.2) is 8.42 Å². The molecule has 0 spiro atoms. The molecule has 2 heterocycles. The predicted octanol–water partition coefficient (Wildman–Crippen LogP) is 1.46. The first kappa shape index (κ1) is 45.6. The Morgan fingerprint density at radius 1 is 0.897 bits per heavy atom. The molecule has 18 nitrogen and oxygen atoms in total. The number of amides is 2. The molecule has 6 atom stereocenters. The van der Waals surface area contributed by atoms with Crippen LogP contribution in [0.2, 0.25) is 0 Å². The number of aryl methyl sites for hydroxylation is 1. The van der Waals surface area contributed by atoms with Crippen LogP contribution in [0.3, 0.4) is 0 Å². The van der Waals surface area contributed by atoms with E-state index in [0.717, 1.165) is 40.0 Å². The first-order valence-electron chi connectivity index (χ1n) is 18.8. The summed E-state index contributed by atoms with van der Waals surface area (Å²) in [6, 6.07) is 5.26. The number of hydrogen-bond donors (Lipinski definition) is 4. The van der Waals surface area contributed by atoms with E-state index in [9.17, 15) is 32.4 Å². The molecule has 2 fully saturated rings. The standard InChI is InChI=1S/C39H53N5O13S/c1-21-17-31(52-7)22(2)23(3)35(21)58(50,51)43-30(19-53-39-34(57-26(6)47)33(56-25(5)46)32(20-54-39)55-24(4)45)37(48)42-29(38(49)44-15-9-8-10-16-44)18-27-11-13-28(14-12-27)36(40)41/h11-14,17,29-30,32-34,39,43H,8-10,15-16,18-20H2,1-7H3,(H3,40,41)(H,42,48)/t29-,30+,32-,33-,34-,39-/m1/s1. The molecule has 318 valence electrons. The minimum Gasteiger partial charge on any atom is -0.496 e. The van der Waals surface area contributed by atoms with Crippen LogP contribution in [0.15, 0.2) is 35.2 Å². The fourth-order valence-corrected chi connectivity index (χ4v) is 8.67. The molecule has 2 aromatic rings. The first-order chi connectivity index (χ1) is 27.3. The van der Waals surface area contributed by atoms with Crippen molar-refractivity contribution in [1.82, 2.24) is 14.9 Å². The monoisotopic (exact) mass is 831 g/mol. The van der Waals surface area contributed by atoms with Crippen molar-refractivity contribution >= 4 is 45.6 Å². The molecule has 19 heteroatoms. The molecule has 0 aliphatic carbocycles. The highest BCUT2D eigenvalue weighted by Crippen LogP contribution is 2.31. The molecule has 0 saturated carbocycles. The second-order valence-electron chi connectivity index (χ2n) is 14.2. The Labute approximate surface area is 337 Å². The summed E-state index contributed by atoms with van der Waals surface area (Å²) in [5.74, 6) is -3.38. The van der Waals surface area contributed by atoms with Crippen molar-refractivity contribution in [3.8, 4) is 5.75 Å². The molecule has 5 N–H and O–H groups in total. The number of likely N-dealkylation sites (tertiary alicyclic amines) is 1. The summed E-state index contributed by atoms with van der Waals surface area (Å²) >= 11 is 0. The minimum atomic E-state index is -4.52. The highest BCUT2D eigenvalue weighted by molar-refractivity contribution is 7.89. The smallest absolute Gasteiger partial charge is 0.303 e. The lowest BCUT2D eigenvalue weighted by atomic mass is 10.0. The van der Waals surface area contributed by atoms with Gasteiger partial charge in [0, 0.05) is 45.8 Å². The average molecular weight is 832 g/mol.